The normalized spacial score (nSPS) is 12.5. The van der Waals surface area contributed by atoms with Gasteiger partial charge in [0.05, 0.1) is 17.3 Å². The van der Waals surface area contributed by atoms with E-state index < -0.39 is 17.8 Å². The lowest BCUT2D eigenvalue weighted by atomic mass is 9.99. The van der Waals surface area contributed by atoms with Gasteiger partial charge in [0.1, 0.15) is 5.82 Å². The summed E-state index contributed by atoms with van der Waals surface area (Å²) in [6.45, 7) is 5.20. The lowest BCUT2D eigenvalue weighted by Gasteiger charge is -2.34. The maximum Gasteiger partial charge on any atom is 0.416 e. The zero-order valence-electron chi connectivity index (χ0n) is 22.4. The molecule has 0 aliphatic carbocycles. The van der Waals surface area contributed by atoms with Gasteiger partial charge in [-0.3, -0.25) is 4.79 Å². The topological polar surface area (TPSA) is 64.2 Å². The first-order valence-corrected chi connectivity index (χ1v) is 13.5. The van der Waals surface area contributed by atoms with Crippen LogP contribution in [0.25, 0.3) is 11.3 Å². The van der Waals surface area contributed by atoms with Crippen LogP contribution in [0.5, 0.6) is 0 Å². The van der Waals surface area contributed by atoms with Gasteiger partial charge >= 0.3 is 6.18 Å². The Hall–Kier alpha value is -3.62. The molecule has 3 aromatic carbocycles. The van der Waals surface area contributed by atoms with Crippen LogP contribution in [-0.2, 0) is 12.7 Å². The van der Waals surface area contributed by atoms with E-state index in [1.807, 2.05) is 73.1 Å². The Morgan fingerprint density at radius 3 is 2.33 bits per heavy atom. The summed E-state index contributed by atoms with van der Waals surface area (Å²) in [5.41, 5.74) is 7.80. The van der Waals surface area contributed by atoms with Gasteiger partial charge < -0.3 is 15.2 Å². The summed E-state index contributed by atoms with van der Waals surface area (Å²) in [6.07, 6.45) is -2.01. The highest BCUT2D eigenvalue weighted by Crippen LogP contribution is 2.34. The first kappa shape index (κ1) is 29.4. The molecule has 0 aliphatic rings. The van der Waals surface area contributed by atoms with E-state index in [0.29, 0.717) is 42.6 Å². The fourth-order valence-electron chi connectivity index (χ4n) is 4.75. The molecule has 0 spiro atoms. The van der Waals surface area contributed by atoms with Crippen LogP contribution >= 0.6 is 11.6 Å². The monoisotopic (exact) mass is 568 g/mol. The first-order chi connectivity index (χ1) is 19.1. The van der Waals surface area contributed by atoms with Crippen LogP contribution in [0.1, 0.15) is 53.6 Å². The molecular formula is C31H32ClF3N4O. The number of carbonyl (C=O) groups is 1. The highest BCUT2D eigenvalue weighted by Gasteiger charge is 2.34. The van der Waals surface area contributed by atoms with Crippen molar-refractivity contribution in [3.8, 4) is 11.3 Å². The number of carbonyl (C=O) groups excluding carboxylic acids is 1. The number of imidazole rings is 1. The molecule has 0 radical (unpaired) electrons. The average Bonchev–Trinajstić information content (AvgIpc) is 3.33. The Labute approximate surface area is 237 Å². The van der Waals surface area contributed by atoms with E-state index in [1.54, 1.807) is 11.0 Å². The predicted molar refractivity (Wildman–Crippen MR) is 152 cm³/mol. The van der Waals surface area contributed by atoms with Crippen LogP contribution in [0.4, 0.5) is 13.2 Å². The van der Waals surface area contributed by atoms with Crippen molar-refractivity contribution in [3.63, 3.8) is 0 Å². The molecule has 0 saturated carbocycles. The summed E-state index contributed by atoms with van der Waals surface area (Å²) in [6, 6.07) is 21.2. The number of benzene rings is 3. The van der Waals surface area contributed by atoms with Gasteiger partial charge in [0.2, 0.25) is 0 Å². The number of rotatable bonds is 10. The number of nitrogens with two attached hydrogens (primary N) is 1. The summed E-state index contributed by atoms with van der Waals surface area (Å²) < 4.78 is 41.5. The van der Waals surface area contributed by atoms with Crippen molar-refractivity contribution in [2.75, 3.05) is 13.1 Å². The summed E-state index contributed by atoms with van der Waals surface area (Å²) in [7, 11) is 0. The molecule has 4 rings (SSSR count). The van der Waals surface area contributed by atoms with Gasteiger partial charge in [0.15, 0.2) is 0 Å². The van der Waals surface area contributed by atoms with Crippen LogP contribution in [0.2, 0.25) is 5.02 Å². The molecule has 1 heterocycles. The van der Waals surface area contributed by atoms with Crippen molar-refractivity contribution in [2.24, 2.45) is 11.7 Å². The Morgan fingerprint density at radius 1 is 1.02 bits per heavy atom. The minimum absolute atomic E-state index is 0.0692. The Kier molecular flexibility index (Phi) is 9.32. The number of hydrogen-bond donors (Lipinski definition) is 1. The van der Waals surface area contributed by atoms with Gasteiger partial charge in [-0.25, -0.2) is 4.98 Å². The number of halogens is 4. The summed E-state index contributed by atoms with van der Waals surface area (Å²) in [5, 5.41) is 0.583. The third kappa shape index (κ3) is 6.92. The third-order valence-electron chi connectivity index (χ3n) is 6.68. The minimum atomic E-state index is -4.49. The van der Waals surface area contributed by atoms with Crippen molar-refractivity contribution < 1.29 is 18.0 Å². The van der Waals surface area contributed by atoms with Gasteiger partial charge in [0, 0.05) is 35.4 Å². The molecule has 40 heavy (non-hydrogen) atoms. The second-order valence-electron chi connectivity index (χ2n) is 10.0. The fourth-order valence-corrected chi connectivity index (χ4v) is 4.94. The van der Waals surface area contributed by atoms with Crippen molar-refractivity contribution in [2.45, 2.75) is 39.0 Å². The zero-order valence-corrected chi connectivity index (χ0v) is 23.2. The van der Waals surface area contributed by atoms with Crippen molar-refractivity contribution >= 4 is 17.5 Å². The summed E-state index contributed by atoms with van der Waals surface area (Å²) >= 11 is 6.27. The first-order valence-electron chi connectivity index (χ1n) is 13.1. The zero-order chi connectivity index (χ0) is 28.9. The lowest BCUT2D eigenvalue weighted by Crippen LogP contribution is -2.40. The maximum atomic E-state index is 13.9. The SMILES string of the molecule is CC(C)[C@H](c1nc(-c2cccc(Cl)c2)cn1Cc1ccccc1)N(CCCN)C(=O)c1ccc(C(F)(F)F)cc1. The molecule has 1 atom stereocenters. The number of aromatic nitrogens is 2. The molecule has 0 saturated heterocycles. The van der Waals surface area contributed by atoms with Gasteiger partial charge in [-0.2, -0.15) is 13.2 Å². The van der Waals surface area contributed by atoms with Crippen LogP contribution in [-0.4, -0.2) is 33.4 Å². The highest BCUT2D eigenvalue weighted by molar-refractivity contribution is 6.30. The van der Waals surface area contributed by atoms with Crippen LogP contribution in [0, 0.1) is 5.92 Å². The average molecular weight is 569 g/mol. The quantitative estimate of drug-likeness (QED) is 0.216. The van der Waals surface area contributed by atoms with Gasteiger partial charge in [-0.15, -0.1) is 0 Å². The third-order valence-corrected chi connectivity index (χ3v) is 6.91. The number of amides is 1. The van der Waals surface area contributed by atoms with E-state index in [4.69, 9.17) is 22.3 Å². The number of alkyl halides is 3. The summed E-state index contributed by atoms with van der Waals surface area (Å²) in [4.78, 5) is 20.6. The van der Waals surface area contributed by atoms with E-state index in [2.05, 4.69) is 0 Å². The smallest absolute Gasteiger partial charge is 0.330 e. The Morgan fingerprint density at radius 2 is 1.73 bits per heavy atom. The molecule has 4 aromatic rings. The second-order valence-corrected chi connectivity index (χ2v) is 10.4. The molecule has 0 fully saturated rings. The van der Waals surface area contributed by atoms with Gasteiger partial charge in [-0.05, 0) is 60.8 Å². The molecule has 2 N–H and O–H groups in total. The molecule has 9 heteroatoms. The maximum absolute atomic E-state index is 13.9. The standard InChI is InChI=1S/C31H32ClF3N4O/c1-21(2)28(39(17-7-16-36)30(40)23-12-14-25(15-13-23)31(33,34)35)29-37-27(24-10-6-11-26(32)18-24)20-38(29)19-22-8-4-3-5-9-22/h3-6,8-15,18,20-21,28H,7,16-17,19,36H2,1-2H3/t28-/m1/s1. The Balaban J connectivity index is 1.80. The van der Waals surface area contributed by atoms with E-state index in [0.717, 1.165) is 23.3 Å². The van der Waals surface area contributed by atoms with Crippen LogP contribution in [0.3, 0.4) is 0 Å². The molecule has 5 nitrogen and oxygen atoms in total. The highest BCUT2D eigenvalue weighted by atomic mass is 35.5. The summed E-state index contributed by atoms with van der Waals surface area (Å²) in [5.74, 6) is 0.228. The molecule has 0 bridgehead atoms. The molecule has 1 aromatic heterocycles. The minimum Gasteiger partial charge on any atom is -0.330 e. The van der Waals surface area contributed by atoms with E-state index in [1.165, 1.54) is 12.1 Å². The number of nitrogens with zero attached hydrogens (tertiary/aromatic N) is 3. The molecule has 210 valence electrons. The van der Waals surface area contributed by atoms with Crippen molar-refractivity contribution in [1.29, 1.82) is 0 Å². The van der Waals surface area contributed by atoms with Crippen LogP contribution in [0.15, 0.2) is 85.1 Å². The van der Waals surface area contributed by atoms with E-state index >= 15 is 0 Å². The van der Waals surface area contributed by atoms with E-state index in [9.17, 15) is 18.0 Å². The predicted octanol–water partition coefficient (Wildman–Crippen LogP) is 7.46. The fraction of sp³-hybridized carbons (Fsp3) is 0.290. The van der Waals surface area contributed by atoms with Crippen molar-refractivity contribution in [1.82, 2.24) is 14.5 Å². The van der Waals surface area contributed by atoms with Crippen LogP contribution < -0.4 is 5.73 Å². The molecular weight excluding hydrogens is 537 g/mol. The van der Waals surface area contributed by atoms with Gasteiger partial charge in [-0.1, -0.05) is 67.9 Å². The Bertz CT molecular complexity index is 1420. The number of hydrogen-bond acceptors (Lipinski definition) is 3. The lowest BCUT2D eigenvalue weighted by molar-refractivity contribution is -0.137. The molecule has 0 aliphatic heterocycles. The van der Waals surface area contributed by atoms with E-state index in [-0.39, 0.29) is 17.4 Å². The van der Waals surface area contributed by atoms with Gasteiger partial charge in [0.25, 0.3) is 5.91 Å². The van der Waals surface area contributed by atoms with Crippen molar-refractivity contribution in [3.05, 3.63) is 113 Å². The largest absolute Gasteiger partial charge is 0.416 e. The molecule has 0 unspecified atom stereocenters. The second kappa shape index (κ2) is 12.7. The molecule has 1 amide bonds.